The highest BCUT2D eigenvalue weighted by Crippen LogP contribution is 2.37. The number of aromatic nitrogens is 1. The third-order valence-corrected chi connectivity index (χ3v) is 4.60. The molecule has 19 heavy (non-hydrogen) atoms. The first kappa shape index (κ1) is 12.5. The Morgan fingerprint density at radius 1 is 1.21 bits per heavy atom. The summed E-state index contributed by atoms with van der Waals surface area (Å²) in [4.78, 5) is 7.00. The summed E-state index contributed by atoms with van der Waals surface area (Å²) in [7, 11) is 0. The van der Waals surface area contributed by atoms with Crippen LogP contribution in [0, 0.1) is 11.3 Å². The van der Waals surface area contributed by atoms with Crippen molar-refractivity contribution in [2.45, 2.75) is 44.6 Å². The largest absolute Gasteiger partial charge is 0.384 e. The Balaban J connectivity index is 1.81. The van der Waals surface area contributed by atoms with Crippen LogP contribution in [0.2, 0.25) is 0 Å². The predicted octanol–water partition coefficient (Wildman–Crippen LogP) is 2.52. The van der Waals surface area contributed by atoms with Crippen LogP contribution in [0.15, 0.2) is 18.3 Å². The molecule has 0 unspecified atom stereocenters. The van der Waals surface area contributed by atoms with Gasteiger partial charge in [0.1, 0.15) is 11.7 Å². The maximum absolute atomic E-state index is 7.42. The molecule has 2 aliphatic rings. The zero-order chi connectivity index (χ0) is 13.2. The lowest BCUT2D eigenvalue weighted by Gasteiger charge is -2.44. The van der Waals surface area contributed by atoms with Crippen LogP contribution in [0.1, 0.15) is 44.1 Å². The summed E-state index contributed by atoms with van der Waals surface area (Å²) in [5.41, 5.74) is 6.19. The van der Waals surface area contributed by atoms with Gasteiger partial charge < -0.3 is 10.6 Å². The number of amidine groups is 1. The van der Waals surface area contributed by atoms with Gasteiger partial charge in [-0.25, -0.2) is 4.98 Å². The second-order valence-electron chi connectivity index (χ2n) is 5.77. The number of nitrogens with two attached hydrogens (primary N) is 1. The Morgan fingerprint density at radius 3 is 2.74 bits per heavy atom. The molecule has 2 heterocycles. The number of hydrogen-bond donors (Lipinski definition) is 2. The minimum Gasteiger partial charge on any atom is -0.384 e. The van der Waals surface area contributed by atoms with Crippen molar-refractivity contribution in [1.82, 2.24) is 4.98 Å². The molecule has 4 nitrogen and oxygen atoms in total. The van der Waals surface area contributed by atoms with Gasteiger partial charge in [0, 0.05) is 24.3 Å². The minimum atomic E-state index is 0.0910. The third-order valence-electron chi connectivity index (χ3n) is 4.60. The van der Waals surface area contributed by atoms with Gasteiger partial charge in [0.15, 0.2) is 0 Å². The first-order valence-corrected chi connectivity index (χ1v) is 7.33. The van der Waals surface area contributed by atoms with Crippen LogP contribution >= 0.6 is 0 Å². The first-order valence-electron chi connectivity index (χ1n) is 7.33. The zero-order valence-electron chi connectivity index (χ0n) is 11.3. The summed E-state index contributed by atoms with van der Waals surface area (Å²) >= 11 is 0. The minimum absolute atomic E-state index is 0.0910. The number of nitrogen functional groups attached to an aromatic ring is 1. The highest BCUT2D eigenvalue weighted by molar-refractivity contribution is 5.94. The van der Waals surface area contributed by atoms with Crippen molar-refractivity contribution in [3.05, 3.63) is 23.9 Å². The van der Waals surface area contributed by atoms with E-state index in [-0.39, 0.29) is 5.84 Å². The molecule has 0 aromatic carbocycles. The van der Waals surface area contributed by atoms with Gasteiger partial charge in [0.05, 0.1) is 0 Å². The number of fused-ring (bicyclic) bond motifs is 1. The average molecular weight is 258 g/mol. The van der Waals surface area contributed by atoms with E-state index in [9.17, 15) is 0 Å². The van der Waals surface area contributed by atoms with Crippen LogP contribution in [0.25, 0.3) is 0 Å². The molecule has 1 aromatic heterocycles. The van der Waals surface area contributed by atoms with Gasteiger partial charge in [-0.1, -0.05) is 12.8 Å². The van der Waals surface area contributed by atoms with Crippen LogP contribution in [0.4, 0.5) is 5.82 Å². The second kappa shape index (κ2) is 5.19. The highest BCUT2D eigenvalue weighted by atomic mass is 15.2. The zero-order valence-corrected chi connectivity index (χ0v) is 11.3. The molecule has 102 valence electrons. The van der Waals surface area contributed by atoms with Crippen LogP contribution in [-0.4, -0.2) is 23.4 Å². The molecule has 2 atom stereocenters. The van der Waals surface area contributed by atoms with E-state index in [1.165, 1.54) is 38.5 Å². The fraction of sp³-hybridized carbons (Fsp3) is 0.600. The maximum atomic E-state index is 7.42. The molecule has 1 saturated heterocycles. The molecular formula is C15H22N4. The van der Waals surface area contributed by atoms with Gasteiger partial charge in [0.2, 0.25) is 0 Å². The molecule has 0 bridgehead atoms. The Morgan fingerprint density at radius 2 is 2.00 bits per heavy atom. The maximum Gasteiger partial charge on any atom is 0.128 e. The Hall–Kier alpha value is -1.58. The lowest BCUT2D eigenvalue weighted by atomic mass is 9.78. The van der Waals surface area contributed by atoms with Crippen LogP contribution in [-0.2, 0) is 0 Å². The Bertz CT molecular complexity index is 452. The highest BCUT2D eigenvalue weighted by Gasteiger charge is 2.33. The van der Waals surface area contributed by atoms with Crippen LogP contribution in [0.5, 0.6) is 0 Å². The first-order chi connectivity index (χ1) is 9.25. The normalized spacial score (nSPS) is 26.8. The lowest BCUT2D eigenvalue weighted by Crippen LogP contribution is -2.47. The molecule has 2 fully saturated rings. The van der Waals surface area contributed by atoms with Gasteiger partial charge in [-0.2, -0.15) is 0 Å². The van der Waals surface area contributed by atoms with Crippen LogP contribution < -0.4 is 10.6 Å². The number of piperidine rings is 1. The summed E-state index contributed by atoms with van der Waals surface area (Å²) in [6.45, 7) is 1.12. The molecule has 1 aliphatic heterocycles. The van der Waals surface area contributed by atoms with E-state index in [2.05, 4.69) is 9.88 Å². The van der Waals surface area contributed by atoms with E-state index in [4.69, 9.17) is 11.1 Å². The molecule has 0 amide bonds. The number of hydrogen-bond acceptors (Lipinski definition) is 3. The number of anilines is 1. The van der Waals surface area contributed by atoms with Gasteiger partial charge in [-0.3, -0.25) is 5.41 Å². The van der Waals surface area contributed by atoms with Crippen molar-refractivity contribution < 1.29 is 0 Å². The van der Waals surface area contributed by atoms with Crippen molar-refractivity contribution in [3.8, 4) is 0 Å². The average Bonchev–Trinajstić information content (AvgIpc) is 2.47. The van der Waals surface area contributed by atoms with Gasteiger partial charge in [-0.05, 0) is 43.7 Å². The van der Waals surface area contributed by atoms with Gasteiger partial charge >= 0.3 is 0 Å². The molecule has 1 aromatic rings. The summed E-state index contributed by atoms with van der Waals surface area (Å²) in [6.07, 6.45) is 9.82. The standard InChI is InChI=1S/C15H22N4/c16-15(17)12-7-8-14(18-10-12)19-9-3-5-11-4-1-2-6-13(11)19/h7-8,10-11,13H,1-6,9H2,(H3,16,17)/t11-,13-/m1/s1. The lowest BCUT2D eigenvalue weighted by molar-refractivity contribution is 0.243. The molecular weight excluding hydrogens is 236 g/mol. The number of nitrogens with one attached hydrogen (secondary N) is 1. The van der Waals surface area contributed by atoms with Crippen molar-refractivity contribution in [2.75, 3.05) is 11.4 Å². The van der Waals surface area contributed by atoms with Crippen molar-refractivity contribution in [3.63, 3.8) is 0 Å². The number of rotatable bonds is 2. The van der Waals surface area contributed by atoms with Crippen LogP contribution in [0.3, 0.4) is 0 Å². The fourth-order valence-electron chi connectivity index (χ4n) is 3.62. The van der Waals surface area contributed by atoms with Crippen molar-refractivity contribution >= 4 is 11.7 Å². The second-order valence-corrected chi connectivity index (χ2v) is 5.77. The molecule has 1 aliphatic carbocycles. The van der Waals surface area contributed by atoms with E-state index in [0.29, 0.717) is 11.6 Å². The molecule has 4 heteroatoms. The molecule has 0 radical (unpaired) electrons. The van der Waals surface area contributed by atoms with E-state index in [1.807, 2.05) is 12.1 Å². The van der Waals surface area contributed by atoms with Gasteiger partial charge in [-0.15, -0.1) is 0 Å². The SMILES string of the molecule is N=C(N)c1ccc(N2CCC[C@H]3CCCC[C@H]32)nc1. The summed E-state index contributed by atoms with van der Waals surface area (Å²) in [6, 6.07) is 4.61. The van der Waals surface area contributed by atoms with Gasteiger partial charge in [0.25, 0.3) is 0 Å². The Kier molecular flexibility index (Phi) is 3.40. The third kappa shape index (κ3) is 2.44. The molecule has 0 spiro atoms. The van der Waals surface area contributed by atoms with E-state index >= 15 is 0 Å². The van der Waals surface area contributed by atoms with E-state index < -0.39 is 0 Å². The Labute approximate surface area is 114 Å². The summed E-state index contributed by atoms with van der Waals surface area (Å²) in [5, 5.41) is 7.42. The quantitative estimate of drug-likeness (QED) is 0.633. The monoisotopic (exact) mass is 258 g/mol. The summed E-state index contributed by atoms with van der Waals surface area (Å²) < 4.78 is 0. The molecule has 1 saturated carbocycles. The predicted molar refractivity (Wildman–Crippen MR) is 77.6 cm³/mol. The number of nitrogens with zero attached hydrogens (tertiary/aromatic N) is 2. The smallest absolute Gasteiger partial charge is 0.128 e. The fourth-order valence-corrected chi connectivity index (χ4v) is 3.62. The molecule has 3 N–H and O–H groups in total. The van der Waals surface area contributed by atoms with Crippen molar-refractivity contribution in [1.29, 1.82) is 5.41 Å². The van der Waals surface area contributed by atoms with E-state index in [0.717, 1.165) is 18.3 Å². The summed E-state index contributed by atoms with van der Waals surface area (Å²) in [5.74, 6) is 2.01. The molecule has 3 rings (SSSR count). The van der Waals surface area contributed by atoms with Crippen molar-refractivity contribution in [2.24, 2.45) is 11.7 Å². The number of pyridine rings is 1. The topological polar surface area (TPSA) is 66.0 Å². The van der Waals surface area contributed by atoms with E-state index in [1.54, 1.807) is 6.20 Å².